The number of nitrogens with zero attached hydrogens (tertiary/aromatic N) is 2. The maximum Gasteiger partial charge on any atom is 0.282 e. The molecular weight excluding hydrogens is 414 g/mol. The SMILES string of the molecule is COc1ccc(C2=C(Nc3ccc(N(C)C)cc3)C(=O)N(c3ccc(C)c(C)c3)C2=O)cc1. The zero-order chi connectivity index (χ0) is 23.7. The van der Waals surface area contributed by atoms with Gasteiger partial charge in [0.05, 0.1) is 18.4 Å². The van der Waals surface area contributed by atoms with Crippen molar-refractivity contribution in [1.29, 1.82) is 0 Å². The van der Waals surface area contributed by atoms with Gasteiger partial charge in [-0.1, -0.05) is 18.2 Å². The van der Waals surface area contributed by atoms with Gasteiger partial charge in [0.25, 0.3) is 11.8 Å². The standard InChI is InChI=1S/C27H27N3O3/c1-17-6-11-22(16-18(17)2)30-26(31)24(19-7-14-23(33-5)15-8-19)25(27(30)32)28-20-9-12-21(13-10-20)29(3)4/h6-16,28H,1-5H3. The third-order valence-electron chi connectivity index (χ3n) is 5.86. The molecule has 6 nitrogen and oxygen atoms in total. The van der Waals surface area contributed by atoms with Gasteiger partial charge in [-0.3, -0.25) is 9.59 Å². The molecule has 1 aliphatic rings. The number of carbonyl (C=O) groups is 2. The number of hydrogen-bond donors (Lipinski definition) is 1. The number of anilines is 3. The van der Waals surface area contributed by atoms with Gasteiger partial charge in [0.2, 0.25) is 0 Å². The average Bonchev–Trinajstić information content (AvgIpc) is 3.05. The molecule has 2 amide bonds. The molecule has 0 radical (unpaired) electrons. The van der Waals surface area contributed by atoms with E-state index in [4.69, 9.17) is 4.74 Å². The van der Waals surface area contributed by atoms with Crippen LogP contribution in [0.3, 0.4) is 0 Å². The number of ether oxygens (including phenoxy) is 1. The molecule has 4 rings (SSSR count). The monoisotopic (exact) mass is 441 g/mol. The summed E-state index contributed by atoms with van der Waals surface area (Å²) in [7, 11) is 5.52. The van der Waals surface area contributed by atoms with Crippen LogP contribution >= 0.6 is 0 Å². The number of amides is 2. The topological polar surface area (TPSA) is 61.9 Å². The highest BCUT2D eigenvalue weighted by atomic mass is 16.5. The van der Waals surface area contributed by atoms with E-state index >= 15 is 0 Å². The van der Waals surface area contributed by atoms with E-state index in [2.05, 4.69) is 5.32 Å². The fourth-order valence-electron chi connectivity index (χ4n) is 3.76. The van der Waals surface area contributed by atoms with Crippen LogP contribution in [-0.2, 0) is 9.59 Å². The molecule has 0 aliphatic carbocycles. The first-order valence-electron chi connectivity index (χ1n) is 10.7. The molecule has 0 saturated carbocycles. The van der Waals surface area contributed by atoms with E-state index in [0.29, 0.717) is 22.6 Å². The highest BCUT2D eigenvalue weighted by Gasteiger charge is 2.40. The molecule has 3 aromatic rings. The molecule has 0 aromatic heterocycles. The summed E-state index contributed by atoms with van der Waals surface area (Å²) in [6, 6.07) is 20.4. The van der Waals surface area contributed by atoms with Crippen molar-refractivity contribution in [3.05, 3.63) is 89.1 Å². The third kappa shape index (κ3) is 4.20. The van der Waals surface area contributed by atoms with Crippen molar-refractivity contribution < 1.29 is 14.3 Å². The number of rotatable bonds is 6. The zero-order valence-electron chi connectivity index (χ0n) is 19.5. The Morgan fingerprint density at radius 2 is 1.48 bits per heavy atom. The van der Waals surface area contributed by atoms with Crippen LogP contribution in [0, 0.1) is 13.8 Å². The van der Waals surface area contributed by atoms with Gasteiger partial charge in [-0.05, 0) is 79.1 Å². The molecule has 0 bridgehead atoms. The molecule has 0 unspecified atom stereocenters. The van der Waals surface area contributed by atoms with Crippen LogP contribution in [0.2, 0.25) is 0 Å². The molecule has 168 valence electrons. The predicted octanol–water partition coefficient (Wildman–Crippen LogP) is 4.77. The van der Waals surface area contributed by atoms with Gasteiger partial charge < -0.3 is 15.0 Å². The highest BCUT2D eigenvalue weighted by molar-refractivity contribution is 6.46. The van der Waals surface area contributed by atoms with E-state index in [1.54, 1.807) is 37.4 Å². The van der Waals surface area contributed by atoms with Gasteiger partial charge in [-0.25, -0.2) is 4.90 Å². The minimum Gasteiger partial charge on any atom is -0.497 e. The second-order valence-corrected chi connectivity index (χ2v) is 8.26. The van der Waals surface area contributed by atoms with E-state index in [1.165, 1.54) is 4.90 Å². The molecule has 0 saturated heterocycles. The van der Waals surface area contributed by atoms with Crippen molar-refractivity contribution >= 4 is 34.4 Å². The van der Waals surface area contributed by atoms with Crippen molar-refractivity contribution in [2.45, 2.75) is 13.8 Å². The number of carbonyl (C=O) groups excluding carboxylic acids is 2. The van der Waals surface area contributed by atoms with E-state index in [-0.39, 0.29) is 17.5 Å². The third-order valence-corrected chi connectivity index (χ3v) is 5.86. The first kappa shape index (κ1) is 22.1. The Balaban J connectivity index is 1.78. The Labute approximate surface area is 194 Å². The van der Waals surface area contributed by atoms with Gasteiger partial charge in [0, 0.05) is 25.5 Å². The van der Waals surface area contributed by atoms with Crippen LogP contribution in [0.15, 0.2) is 72.4 Å². The van der Waals surface area contributed by atoms with E-state index in [1.807, 2.05) is 69.2 Å². The molecule has 0 fully saturated rings. The van der Waals surface area contributed by atoms with Gasteiger partial charge in [0.1, 0.15) is 11.4 Å². The number of nitrogens with one attached hydrogen (secondary N) is 1. The summed E-state index contributed by atoms with van der Waals surface area (Å²) in [5.41, 5.74) is 5.66. The van der Waals surface area contributed by atoms with Gasteiger partial charge in [-0.15, -0.1) is 0 Å². The number of methoxy groups -OCH3 is 1. The van der Waals surface area contributed by atoms with Crippen LogP contribution in [0.5, 0.6) is 5.75 Å². The molecule has 0 atom stereocenters. The Morgan fingerprint density at radius 3 is 2.06 bits per heavy atom. The van der Waals surface area contributed by atoms with Gasteiger partial charge in [-0.2, -0.15) is 0 Å². The summed E-state index contributed by atoms with van der Waals surface area (Å²) in [5, 5.41) is 3.21. The highest BCUT2D eigenvalue weighted by Crippen LogP contribution is 2.35. The van der Waals surface area contributed by atoms with Crippen LogP contribution in [0.4, 0.5) is 17.1 Å². The summed E-state index contributed by atoms with van der Waals surface area (Å²) >= 11 is 0. The Morgan fingerprint density at radius 1 is 0.818 bits per heavy atom. The minimum absolute atomic E-state index is 0.251. The molecule has 33 heavy (non-hydrogen) atoms. The van der Waals surface area contributed by atoms with E-state index < -0.39 is 0 Å². The van der Waals surface area contributed by atoms with Crippen LogP contribution in [-0.4, -0.2) is 33.0 Å². The lowest BCUT2D eigenvalue weighted by Gasteiger charge is -2.17. The molecule has 0 spiro atoms. The first-order valence-corrected chi connectivity index (χ1v) is 10.7. The fraction of sp³-hybridized carbons (Fsp3) is 0.185. The first-order chi connectivity index (χ1) is 15.8. The van der Waals surface area contributed by atoms with E-state index in [0.717, 1.165) is 22.5 Å². The largest absolute Gasteiger partial charge is 0.497 e. The maximum absolute atomic E-state index is 13.6. The summed E-state index contributed by atoms with van der Waals surface area (Å²) in [4.78, 5) is 30.4. The second kappa shape index (κ2) is 8.82. The molecule has 3 aromatic carbocycles. The van der Waals surface area contributed by atoms with Gasteiger partial charge in [0.15, 0.2) is 0 Å². The average molecular weight is 442 g/mol. The summed E-state index contributed by atoms with van der Waals surface area (Å²) in [6.07, 6.45) is 0. The lowest BCUT2D eigenvalue weighted by molar-refractivity contribution is -0.120. The molecule has 1 N–H and O–H groups in total. The number of benzene rings is 3. The fourth-order valence-corrected chi connectivity index (χ4v) is 3.76. The number of aryl methyl sites for hydroxylation is 2. The van der Waals surface area contributed by atoms with Crippen molar-refractivity contribution in [3.63, 3.8) is 0 Å². The Bertz CT molecular complexity index is 1240. The Kier molecular flexibility index (Phi) is 5.92. The number of imide groups is 1. The van der Waals surface area contributed by atoms with E-state index in [9.17, 15) is 9.59 Å². The zero-order valence-corrected chi connectivity index (χ0v) is 19.5. The van der Waals surface area contributed by atoms with Crippen LogP contribution in [0.25, 0.3) is 5.57 Å². The lowest BCUT2D eigenvalue weighted by Crippen LogP contribution is -2.32. The van der Waals surface area contributed by atoms with Crippen molar-refractivity contribution in [2.75, 3.05) is 36.3 Å². The van der Waals surface area contributed by atoms with Crippen LogP contribution in [0.1, 0.15) is 16.7 Å². The molecular formula is C27H27N3O3. The summed E-state index contributed by atoms with van der Waals surface area (Å²) in [5.74, 6) is -0.0671. The second-order valence-electron chi connectivity index (χ2n) is 8.26. The Hall–Kier alpha value is -4.06. The molecule has 1 heterocycles. The van der Waals surface area contributed by atoms with Crippen molar-refractivity contribution in [3.8, 4) is 5.75 Å². The maximum atomic E-state index is 13.6. The van der Waals surface area contributed by atoms with Crippen molar-refractivity contribution in [1.82, 2.24) is 0 Å². The normalized spacial score (nSPS) is 13.5. The summed E-state index contributed by atoms with van der Waals surface area (Å²) in [6.45, 7) is 3.96. The quantitative estimate of drug-likeness (QED) is 0.558. The summed E-state index contributed by atoms with van der Waals surface area (Å²) < 4.78 is 5.25. The smallest absolute Gasteiger partial charge is 0.282 e. The number of hydrogen-bond acceptors (Lipinski definition) is 5. The minimum atomic E-state index is -0.384. The van der Waals surface area contributed by atoms with Crippen molar-refractivity contribution in [2.24, 2.45) is 0 Å². The molecule has 6 heteroatoms. The lowest BCUT2D eigenvalue weighted by atomic mass is 10.0. The predicted molar refractivity (Wildman–Crippen MR) is 133 cm³/mol. The van der Waals surface area contributed by atoms with Gasteiger partial charge >= 0.3 is 0 Å². The molecule has 1 aliphatic heterocycles. The van der Waals surface area contributed by atoms with Crippen LogP contribution < -0.4 is 19.9 Å².